The van der Waals surface area contributed by atoms with E-state index in [2.05, 4.69) is 29.6 Å². The standard InChI is InChI=1S/C15H21NO/c1-2-5-13-10-14(8-7-12(13)4-1)16-11-15-6-3-9-17-15/h1-2,4-5,14-16H,3,6-11H2/t14-,15-/m1/s1. The van der Waals surface area contributed by atoms with Crippen molar-refractivity contribution in [3.05, 3.63) is 35.4 Å². The van der Waals surface area contributed by atoms with Crippen molar-refractivity contribution in [3.8, 4) is 0 Å². The van der Waals surface area contributed by atoms with E-state index < -0.39 is 0 Å². The Kier molecular flexibility index (Phi) is 3.44. The Labute approximate surface area is 103 Å². The lowest BCUT2D eigenvalue weighted by Gasteiger charge is -2.26. The lowest BCUT2D eigenvalue weighted by Crippen LogP contribution is -2.39. The third-order valence-electron chi connectivity index (χ3n) is 4.01. The molecule has 2 heteroatoms. The number of benzene rings is 1. The molecule has 0 unspecified atom stereocenters. The van der Waals surface area contributed by atoms with Gasteiger partial charge in [-0.1, -0.05) is 24.3 Å². The van der Waals surface area contributed by atoms with Crippen LogP contribution in [-0.4, -0.2) is 25.3 Å². The Morgan fingerprint density at radius 2 is 2.06 bits per heavy atom. The molecule has 0 radical (unpaired) electrons. The van der Waals surface area contributed by atoms with Gasteiger partial charge < -0.3 is 10.1 Å². The fourth-order valence-corrected chi connectivity index (χ4v) is 2.98. The van der Waals surface area contributed by atoms with E-state index in [-0.39, 0.29) is 0 Å². The first-order chi connectivity index (χ1) is 8.42. The molecule has 0 amide bonds. The lowest BCUT2D eigenvalue weighted by atomic mass is 9.88. The molecule has 1 saturated heterocycles. The maximum atomic E-state index is 5.65. The largest absolute Gasteiger partial charge is 0.377 e. The van der Waals surface area contributed by atoms with Crippen LogP contribution in [0.3, 0.4) is 0 Å². The molecule has 1 aromatic carbocycles. The van der Waals surface area contributed by atoms with Gasteiger partial charge in [-0.05, 0) is 43.2 Å². The normalized spacial score (nSPS) is 28.0. The summed E-state index contributed by atoms with van der Waals surface area (Å²) in [6.45, 7) is 1.99. The minimum Gasteiger partial charge on any atom is -0.377 e. The Morgan fingerprint density at radius 3 is 2.88 bits per heavy atom. The second-order valence-corrected chi connectivity index (χ2v) is 5.25. The first-order valence-electron chi connectivity index (χ1n) is 6.83. The van der Waals surface area contributed by atoms with Crippen molar-refractivity contribution in [1.29, 1.82) is 0 Å². The quantitative estimate of drug-likeness (QED) is 0.862. The van der Waals surface area contributed by atoms with Crippen molar-refractivity contribution in [2.24, 2.45) is 0 Å². The summed E-state index contributed by atoms with van der Waals surface area (Å²) < 4.78 is 5.65. The van der Waals surface area contributed by atoms with Crippen LogP contribution in [0.4, 0.5) is 0 Å². The average Bonchev–Trinajstić information content (AvgIpc) is 2.89. The minimum atomic E-state index is 0.465. The molecule has 0 bridgehead atoms. The van der Waals surface area contributed by atoms with Crippen LogP contribution < -0.4 is 5.32 Å². The average molecular weight is 231 g/mol. The van der Waals surface area contributed by atoms with E-state index >= 15 is 0 Å². The molecule has 1 aromatic rings. The van der Waals surface area contributed by atoms with Crippen molar-refractivity contribution < 1.29 is 4.74 Å². The fraction of sp³-hybridized carbons (Fsp3) is 0.600. The van der Waals surface area contributed by atoms with E-state index in [0.29, 0.717) is 12.1 Å². The molecule has 2 aliphatic rings. The molecule has 1 N–H and O–H groups in total. The summed E-state index contributed by atoms with van der Waals surface area (Å²) in [7, 11) is 0. The minimum absolute atomic E-state index is 0.465. The van der Waals surface area contributed by atoms with Crippen molar-refractivity contribution in [3.63, 3.8) is 0 Å². The molecular formula is C15H21NO. The van der Waals surface area contributed by atoms with E-state index in [0.717, 1.165) is 13.2 Å². The number of rotatable bonds is 3. The molecular weight excluding hydrogens is 210 g/mol. The summed E-state index contributed by atoms with van der Waals surface area (Å²) in [5, 5.41) is 3.68. The second-order valence-electron chi connectivity index (χ2n) is 5.25. The van der Waals surface area contributed by atoms with Gasteiger partial charge in [0.15, 0.2) is 0 Å². The van der Waals surface area contributed by atoms with Crippen LogP contribution in [0.15, 0.2) is 24.3 Å². The Morgan fingerprint density at radius 1 is 1.18 bits per heavy atom. The zero-order valence-electron chi connectivity index (χ0n) is 10.3. The molecule has 0 spiro atoms. The third kappa shape index (κ3) is 2.70. The Hall–Kier alpha value is -0.860. The van der Waals surface area contributed by atoms with Crippen LogP contribution in [0.25, 0.3) is 0 Å². The molecule has 1 fully saturated rings. The van der Waals surface area contributed by atoms with Crippen LogP contribution >= 0.6 is 0 Å². The highest BCUT2D eigenvalue weighted by atomic mass is 16.5. The van der Waals surface area contributed by atoms with E-state index in [4.69, 9.17) is 4.74 Å². The van der Waals surface area contributed by atoms with E-state index in [1.54, 1.807) is 5.56 Å². The molecule has 1 aliphatic carbocycles. The monoisotopic (exact) mass is 231 g/mol. The second kappa shape index (κ2) is 5.19. The van der Waals surface area contributed by atoms with Crippen LogP contribution in [0.1, 0.15) is 30.4 Å². The van der Waals surface area contributed by atoms with E-state index in [1.165, 1.54) is 37.7 Å². The number of fused-ring (bicyclic) bond motifs is 1. The van der Waals surface area contributed by atoms with Crippen molar-refractivity contribution in [2.75, 3.05) is 13.2 Å². The number of nitrogens with one attached hydrogen (secondary N) is 1. The van der Waals surface area contributed by atoms with Crippen molar-refractivity contribution in [2.45, 2.75) is 44.2 Å². The number of hydrogen-bond acceptors (Lipinski definition) is 2. The van der Waals surface area contributed by atoms with Crippen LogP contribution in [0, 0.1) is 0 Å². The van der Waals surface area contributed by atoms with Gasteiger partial charge in [-0.3, -0.25) is 0 Å². The molecule has 17 heavy (non-hydrogen) atoms. The summed E-state index contributed by atoms with van der Waals surface area (Å²) in [4.78, 5) is 0. The summed E-state index contributed by atoms with van der Waals surface area (Å²) in [6, 6.07) is 9.50. The molecule has 0 saturated carbocycles. The van der Waals surface area contributed by atoms with Gasteiger partial charge in [-0.15, -0.1) is 0 Å². The topological polar surface area (TPSA) is 21.3 Å². The smallest absolute Gasteiger partial charge is 0.0700 e. The van der Waals surface area contributed by atoms with Gasteiger partial charge in [0.05, 0.1) is 6.10 Å². The maximum Gasteiger partial charge on any atom is 0.0700 e. The van der Waals surface area contributed by atoms with Gasteiger partial charge in [-0.2, -0.15) is 0 Å². The molecule has 92 valence electrons. The molecule has 2 nitrogen and oxygen atoms in total. The number of ether oxygens (including phenoxy) is 1. The fourth-order valence-electron chi connectivity index (χ4n) is 2.98. The van der Waals surface area contributed by atoms with Gasteiger partial charge in [0.2, 0.25) is 0 Å². The van der Waals surface area contributed by atoms with Crippen LogP contribution in [0.5, 0.6) is 0 Å². The first kappa shape index (κ1) is 11.2. The molecule has 2 atom stereocenters. The first-order valence-corrected chi connectivity index (χ1v) is 6.83. The molecule has 1 aliphatic heterocycles. The molecule has 0 aromatic heterocycles. The zero-order valence-corrected chi connectivity index (χ0v) is 10.3. The van der Waals surface area contributed by atoms with E-state index in [9.17, 15) is 0 Å². The van der Waals surface area contributed by atoms with Crippen LogP contribution in [-0.2, 0) is 17.6 Å². The Bertz CT molecular complexity index is 371. The predicted molar refractivity (Wildman–Crippen MR) is 69.2 cm³/mol. The summed E-state index contributed by atoms with van der Waals surface area (Å²) in [5.41, 5.74) is 3.08. The SMILES string of the molecule is c1ccc2c(c1)CC[C@@H](NC[C@H]1CCCO1)C2. The van der Waals surface area contributed by atoms with Gasteiger partial charge in [0.1, 0.15) is 0 Å². The Balaban J connectivity index is 1.53. The highest BCUT2D eigenvalue weighted by molar-refractivity contribution is 5.30. The third-order valence-corrected chi connectivity index (χ3v) is 4.01. The zero-order chi connectivity index (χ0) is 11.5. The van der Waals surface area contributed by atoms with Crippen molar-refractivity contribution in [1.82, 2.24) is 5.32 Å². The van der Waals surface area contributed by atoms with Crippen molar-refractivity contribution >= 4 is 0 Å². The van der Waals surface area contributed by atoms with Gasteiger partial charge in [0.25, 0.3) is 0 Å². The molecule has 3 rings (SSSR count). The van der Waals surface area contributed by atoms with Gasteiger partial charge >= 0.3 is 0 Å². The molecule has 1 heterocycles. The van der Waals surface area contributed by atoms with Gasteiger partial charge in [0, 0.05) is 19.2 Å². The maximum absolute atomic E-state index is 5.65. The summed E-state index contributed by atoms with van der Waals surface area (Å²) in [5.74, 6) is 0. The summed E-state index contributed by atoms with van der Waals surface area (Å²) in [6.07, 6.45) is 6.61. The number of hydrogen-bond donors (Lipinski definition) is 1. The predicted octanol–water partition coefficient (Wildman–Crippen LogP) is 2.31. The van der Waals surface area contributed by atoms with E-state index in [1.807, 2.05) is 0 Å². The highest BCUT2D eigenvalue weighted by Gasteiger charge is 2.20. The number of aryl methyl sites for hydroxylation is 1. The van der Waals surface area contributed by atoms with Crippen LogP contribution in [0.2, 0.25) is 0 Å². The highest BCUT2D eigenvalue weighted by Crippen LogP contribution is 2.21. The lowest BCUT2D eigenvalue weighted by molar-refractivity contribution is 0.107. The summed E-state index contributed by atoms with van der Waals surface area (Å²) >= 11 is 0. The van der Waals surface area contributed by atoms with Gasteiger partial charge in [-0.25, -0.2) is 0 Å².